The van der Waals surface area contributed by atoms with Gasteiger partial charge in [-0.1, -0.05) is 42.0 Å². The highest BCUT2D eigenvalue weighted by Gasteiger charge is 2.47. The molecule has 2 aliphatic carbocycles. The average Bonchev–Trinajstić information content (AvgIpc) is 3.79. The van der Waals surface area contributed by atoms with Gasteiger partial charge in [0.05, 0.1) is 19.1 Å². The second-order valence-electron chi connectivity index (χ2n) is 10.4. The molecule has 1 aromatic rings. The fraction of sp³-hybridized carbons (Fsp3) is 0.517. The Morgan fingerprint density at radius 2 is 1.81 bits per heavy atom. The maximum Gasteiger partial charge on any atom is 0.150 e. The van der Waals surface area contributed by atoms with Crippen LogP contribution in [0.2, 0.25) is 0 Å². The van der Waals surface area contributed by atoms with E-state index in [1.807, 2.05) is 11.0 Å². The number of aliphatic hydroxyl groups excluding tert-OH is 3. The van der Waals surface area contributed by atoms with Gasteiger partial charge in [-0.15, -0.1) is 0 Å². The minimum absolute atomic E-state index is 0.142. The highest BCUT2D eigenvalue weighted by molar-refractivity contribution is 5.48. The van der Waals surface area contributed by atoms with Gasteiger partial charge in [-0.2, -0.15) is 0 Å². The van der Waals surface area contributed by atoms with Crippen molar-refractivity contribution in [3.63, 3.8) is 0 Å². The van der Waals surface area contributed by atoms with Crippen molar-refractivity contribution in [1.82, 2.24) is 4.90 Å². The standard InChI is InChI=1S/C29H35NO7/c31-25-26(32)28(37-29(27(25)33)30-10-12-34-13-11-30)20-8-9-21(18-6-7-18)22(16-20)24(19-4-2-1-3-5-19)23-17-35-14-15-36-23/h1-2,4,8-9,14-18,24-29,31-33H,3,5-7,10-13H2/t24?,25-,26-,27+,28+,29?/m1/s1. The van der Waals surface area contributed by atoms with Gasteiger partial charge in [0.1, 0.15) is 55.2 Å². The van der Waals surface area contributed by atoms with Crippen molar-refractivity contribution in [2.24, 2.45) is 0 Å². The van der Waals surface area contributed by atoms with Crippen LogP contribution in [0.25, 0.3) is 0 Å². The first-order valence-corrected chi connectivity index (χ1v) is 13.3. The van der Waals surface area contributed by atoms with E-state index >= 15 is 0 Å². The third-order valence-electron chi connectivity index (χ3n) is 7.99. The second-order valence-corrected chi connectivity index (χ2v) is 10.4. The van der Waals surface area contributed by atoms with E-state index in [-0.39, 0.29) is 5.92 Å². The van der Waals surface area contributed by atoms with E-state index in [1.165, 1.54) is 17.4 Å². The topological polar surface area (TPSA) is 101 Å². The molecule has 0 amide bonds. The molecule has 1 aromatic carbocycles. The third-order valence-corrected chi connectivity index (χ3v) is 7.99. The summed E-state index contributed by atoms with van der Waals surface area (Å²) < 4.78 is 23.3. The van der Waals surface area contributed by atoms with Gasteiger partial charge >= 0.3 is 0 Å². The molecule has 8 heteroatoms. The average molecular weight is 510 g/mol. The van der Waals surface area contributed by atoms with Gasteiger partial charge in [0, 0.05) is 13.1 Å². The highest BCUT2D eigenvalue weighted by atomic mass is 16.6. The Labute approximate surface area is 217 Å². The van der Waals surface area contributed by atoms with E-state index in [0.717, 1.165) is 42.6 Å². The molecular formula is C29H35NO7. The Hall–Kier alpha value is -2.46. The summed E-state index contributed by atoms with van der Waals surface area (Å²) in [7, 11) is 0. The zero-order valence-corrected chi connectivity index (χ0v) is 20.8. The Bertz CT molecular complexity index is 1100. The van der Waals surface area contributed by atoms with Gasteiger partial charge in [0.25, 0.3) is 0 Å². The summed E-state index contributed by atoms with van der Waals surface area (Å²) in [6.07, 6.45) is 9.94. The molecule has 2 unspecified atom stereocenters. The van der Waals surface area contributed by atoms with E-state index in [4.69, 9.17) is 18.9 Å². The number of nitrogens with zero attached hydrogens (tertiary/aromatic N) is 1. The minimum atomic E-state index is -1.33. The molecule has 3 aliphatic heterocycles. The number of benzene rings is 1. The van der Waals surface area contributed by atoms with E-state index in [2.05, 4.69) is 30.4 Å². The first kappa shape index (κ1) is 24.9. The second kappa shape index (κ2) is 10.7. The Morgan fingerprint density at radius 3 is 2.51 bits per heavy atom. The van der Waals surface area contributed by atoms with Crippen molar-refractivity contribution >= 4 is 0 Å². The van der Waals surface area contributed by atoms with Crippen LogP contribution >= 0.6 is 0 Å². The first-order chi connectivity index (χ1) is 18.1. The smallest absolute Gasteiger partial charge is 0.150 e. The van der Waals surface area contributed by atoms with Crippen molar-refractivity contribution in [3.05, 3.63) is 83.2 Å². The van der Waals surface area contributed by atoms with Crippen LogP contribution in [0.4, 0.5) is 0 Å². The van der Waals surface area contributed by atoms with Crippen LogP contribution in [0, 0.1) is 0 Å². The summed E-state index contributed by atoms with van der Waals surface area (Å²) in [5.74, 6) is 1.06. The summed E-state index contributed by atoms with van der Waals surface area (Å²) in [5, 5.41) is 32.6. The van der Waals surface area contributed by atoms with E-state index < -0.39 is 30.6 Å². The van der Waals surface area contributed by atoms with Gasteiger partial charge in [0.2, 0.25) is 0 Å². The predicted molar refractivity (Wildman–Crippen MR) is 135 cm³/mol. The number of aliphatic hydroxyl groups is 3. The molecular weight excluding hydrogens is 474 g/mol. The molecule has 1 saturated carbocycles. The Kier molecular flexibility index (Phi) is 7.20. The van der Waals surface area contributed by atoms with Crippen LogP contribution < -0.4 is 0 Å². The van der Waals surface area contributed by atoms with Crippen LogP contribution in [0.15, 0.2) is 66.5 Å². The third kappa shape index (κ3) is 5.02. The van der Waals surface area contributed by atoms with Crippen molar-refractivity contribution in [1.29, 1.82) is 0 Å². The molecule has 198 valence electrons. The Balaban J connectivity index is 1.39. The predicted octanol–water partition coefficient (Wildman–Crippen LogP) is 3.10. The molecule has 0 radical (unpaired) electrons. The number of hydrogen-bond acceptors (Lipinski definition) is 8. The zero-order chi connectivity index (χ0) is 25.4. The van der Waals surface area contributed by atoms with Crippen molar-refractivity contribution in [3.8, 4) is 0 Å². The number of ether oxygens (including phenoxy) is 4. The lowest BCUT2D eigenvalue weighted by Crippen LogP contribution is -2.61. The number of hydrogen-bond donors (Lipinski definition) is 3. The lowest BCUT2D eigenvalue weighted by Gasteiger charge is -2.46. The van der Waals surface area contributed by atoms with Gasteiger partial charge < -0.3 is 34.3 Å². The van der Waals surface area contributed by atoms with Crippen LogP contribution in [0.1, 0.15) is 60.3 Å². The van der Waals surface area contributed by atoms with Gasteiger partial charge in [0.15, 0.2) is 0 Å². The number of rotatable bonds is 6. The largest absolute Gasteiger partial charge is 0.466 e. The number of allylic oxidation sites excluding steroid dienone is 4. The van der Waals surface area contributed by atoms with Gasteiger partial charge in [-0.25, -0.2) is 0 Å². The SMILES string of the molecule is O[C@@H]1[C@@H](O)[C@H](c2ccc(C3CC3)c(C(C3=CC=CCC3)C3=COC=CO3)c2)OC(N2CCOCC2)[C@H]1O. The monoisotopic (exact) mass is 509 g/mol. The summed E-state index contributed by atoms with van der Waals surface area (Å²) in [6, 6.07) is 6.21. The molecule has 5 aliphatic rings. The maximum absolute atomic E-state index is 11.0. The van der Waals surface area contributed by atoms with Crippen LogP contribution in [0.3, 0.4) is 0 Å². The molecule has 2 saturated heterocycles. The van der Waals surface area contributed by atoms with E-state index in [0.29, 0.717) is 32.2 Å². The molecule has 3 fully saturated rings. The summed E-state index contributed by atoms with van der Waals surface area (Å²) in [4.78, 5) is 1.97. The molecule has 0 spiro atoms. The van der Waals surface area contributed by atoms with Crippen molar-refractivity contribution in [2.45, 2.75) is 68.2 Å². The molecule has 0 bridgehead atoms. The zero-order valence-electron chi connectivity index (χ0n) is 20.8. The van der Waals surface area contributed by atoms with E-state index in [1.54, 1.807) is 12.5 Å². The Morgan fingerprint density at radius 1 is 0.973 bits per heavy atom. The lowest BCUT2D eigenvalue weighted by molar-refractivity contribution is -0.268. The first-order valence-electron chi connectivity index (χ1n) is 13.3. The summed E-state index contributed by atoms with van der Waals surface area (Å²) >= 11 is 0. The molecule has 6 rings (SSSR count). The van der Waals surface area contributed by atoms with Crippen molar-refractivity contribution in [2.75, 3.05) is 26.3 Å². The summed E-state index contributed by atoms with van der Waals surface area (Å²) in [5.41, 5.74) is 4.37. The normalized spacial score (nSPS) is 33.2. The molecule has 3 N–H and O–H groups in total. The fourth-order valence-corrected chi connectivity index (χ4v) is 5.86. The van der Waals surface area contributed by atoms with Crippen molar-refractivity contribution < 1.29 is 34.3 Å². The molecule has 37 heavy (non-hydrogen) atoms. The van der Waals surface area contributed by atoms with Crippen LogP contribution in [0.5, 0.6) is 0 Å². The minimum Gasteiger partial charge on any atom is -0.466 e. The molecule has 0 aromatic heterocycles. The van der Waals surface area contributed by atoms with Gasteiger partial charge in [-0.3, -0.25) is 4.90 Å². The fourth-order valence-electron chi connectivity index (χ4n) is 5.86. The quantitative estimate of drug-likeness (QED) is 0.538. The molecule has 8 nitrogen and oxygen atoms in total. The maximum atomic E-state index is 11.0. The van der Waals surface area contributed by atoms with Crippen LogP contribution in [-0.2, 0) is 18.9 Å². The molecule has 6 atom stereocenters. The van der Waals surface area contributed by atoms with E-state index in [9.17, 15) is 15.3 Å². The lowest BCUT2D eigenvalue weighted by atomic mass is 9.80. The summed E-state index contributed by atoms with van der Waals surface area (Å²) in [6.45, 7) is 2.25. The molecule has 3 heterocycles. The number of morpholine rings is 1. The highest BCUT2D eigenvalue weighted by Crippen LogP contribution is 2.48. The van der Waals surface area contributed by atoms with Gasteiger partial charge in [-0.05, 0) is 48.3 Å². The van der Waals surface area contributed by atoms with Crippen LogP contribution in [-0.4, -0.2) is 71.1 Å².